The first-order valence-electron chi connectivity index (χ1n) is 5.12. The van der Waals surface area contributed by atoms with Gasteiger partial charge in [0.25, 0.3) is 0 Å². The third-order valence-electron chi connectivity index (χ3n) is 2.27. The summed E-state index contributed by atoms with van der Waals surface area (Å²) in [4.78, 5) is 1.89. The van der Waals surface area contributed by atoms with Crippen LogP contribution >= 0.6 is 0 Å². The van der Waals surface area contributed by atoms with Crippen LogP contribution in [0.25, 0.3) is 0 Å². The summed E-state index contributed by atoms with van der Waals surface area (Å²) in [5.74, 6) is 0. The van der Waals surface area contributed by atoms with Crippen molar-refractivity contribution in [1.29, 1.82) is 0 Å². The molecule has 0 aliphatic carbocycles. The lowest BCUT2D eigenvalue weighted by Crippen LogP contribution is -2.46. The van der Waals surface area contributed by atoms with Gasteiger partial charge in [0.1, 0.15) is 0 Å². The van der Waals surface area contributed by atoms with Gasteiger partial charge in [-0.15, -0.1) is 0 Å². The van der Waals surface area contributed by atoms with E-state index in [1.165, 1.54) is 0 Å². The van der Waals surface area contributed by atoms with Crippen molar-refractivity contribution in [1.82, 2.24) is 4.90 Å². The lowest BCUT2D eigenvalue weighted by atomic mass is 10.1. The normalized spacial score (nSPS) is 20.6. The second-order valence-electron chi connectivity index (χ2n) is 4.13. The van der Waals surface area contributed by atoms with Crippen molar-refractivity contribution in [2.24, 2.45) is 0 Å². The van der Waals surface area contributed by atoms with Crippen LogP contribution in [-0.4, -0.2) is 57.7 Å². The summed E-state index contributed by atoms with van der Waals surface area (Å²) < 4.78 is 0. The molecule has 14 heavy (non-hydrogen) atoms. The first kappa shape index (κ1) is 13.8. The number of nitrogens with zero attached hydrogens (tertiary/aromatic N) is 1. The van der Waals surface area contributed by atoms with Crippen molar-refractivity contribution < 1.29 is 15.3 Å². The Morgan fingerprint density at radius 3 is 1.43 bits per heavy atom. The lowest BCUT2D eigenvalue weighted by molar-refractivity contribution is 0.0160. The highest BCUT2D eigenvalue weighted by Crippen LogP contribution is 2.06. The average molecular weight is 205 g/mol. The predicted molar refractivity (Wildman–Crippen MR) is 56.1 cm³/mol. The summed E-state index contributed by atoms with van der Waals surface area (Å²) in [6.07, 6.45) is -1.36. The number of rotatable bonds is 6. The molecule has 0 aromatic heterocycles. The molecule has 4 unspecified atom stereocenters. The molecule has 0 spiro atoms. The first-order valence-corrected chi connectivity index (χ1v) is 5.12. The molecule has 0 fully saturated rings. The zero-order valence-electron chi connectivity index (χ0n) is 9.51. The predicted octanol–water partition coefficient (Wildman–Crippen LogP) is -0.181. The van der Waals surface area contributed by atoms with Gasteiger partial charge in [0.15, 0.2) is 0 Å². The maximum Gasteiger partial charge on any atom is 0.0664 e. The highest BCUT2D eigenvalue weighted by atomic mass is 16.3. The van der Waals surface area contributed by atoms with E-state index >= 15 is 0 Å². The van der Waals surface area contributed by atoms with E-state index in [9.17, 15) is 15.3 Å². The van der Waals surface area contributed by atoms with Crippen LogP contribution in [0.4, 0.5) is 0 Å². The van der Waals surface area contributed by atoms with E-state index in [4.69, 9.17) is 0 Å². The molecule has 0 bridgehead atoms. The minimum Gasteiger partial charge on any atom is -0.392 e. The van der Waals surface area contributed by atoms with E-state index in [2.05, 4.69) is 0 Å². The Hall–Kier alpha value is -0.160. The number of aliphatic hydroxyl groups is 3. The molecule has 0 amide bonds. The van der Waals surface area contributed by atoms with Crippen LogP contribution in [0.1, 0.15) is 27.7 Å². The van der Waals surface area contributed by atoms with Gasteiger partial charge in [-0.1, -0.05) is 0 Å². The van der Waals surface area contributed by atoms with E-state index in [-0.39, 0.29) is 6.04 Å². The second kappa shape index (κ2) is 6.35. The number of hydrogen-bond acceptors (Lipinski definition) is 4. The Kier molecular flexibility index (Phi) is 6.27. The monoisotopic (exact) mass is 205 g/mol. The van der Waals surface area contributed by atoms with Gasteiger partial charge < -0.3 is 15.3 Å². The molecule has 0 rings (SSSR count). The average Bonchev–Trinajstić information content (AvgIpc) is 1.99. The summed E-state index contributed by atoms with van der Waals surface area (Å²) in [6.45, 7) is 7.93. The minimum atomic E-state index is -0.465. The molecule has 86 valence electrons. The summed E-state index contributed by atoms with van der Waals surface area (Å²) >= 11 is 0. The van der Waals surface area contributed by atoms with E-state index < -0.39 is 18.3 Å². The van der Waals surface area contributed by atoms with Crippen molar-refractivity contribution in [3.05, 3.63) is 0 Å². The molecule has 4 atom stereocenters. The Labute approximate surface area is 86.2 Å². The smallest absolute Gasteiger partial charge is 0.0664 e. The summed E-state index contributed by atoms with van der Waals surface area (Å²) in [6, 6.07) is -0.0563. The van der Waals surface area contributed by atoms with Crippen LogP contribution in [0, 0.1) is 0 Å². The van der Waals surface area contributed by atoms with Crippen LogP contribution < -0.4 is 0 Å². The van der Waals surface area contributed by atoms with Crippen molar-refractivity contribution >= 4 is 0 Å². The van der Waals surface area contributed by atoms with Gasteiger partial charge in [0, 0.05) is 19.1 Å². The fourth-order valence-corrected chi connectivity index (χ4v) is 1.39. The molecule has 0 aromatic rings. The van der Waals surface area contributed by atoms with Crippen LogP contribution in [-0.2, 0) is 0 Å². The van der Waals surface area contributed by atoms with Gasteiger partial charge in [-0.05, 0) is 27.7 Å². The molecule has 0 aliphatic heterocycles. The molecule has 0 aliphatic rings. The minimum absolute atomic E-state index is 0.0563. The molecular formula is C10H23NO3. The van der Waals surface area contributed by atoms with Gasteiger partial charge in [0.05, 0.1) is 18.3 Å². The molecule has 0 saturated heterocycles. The van der Waals surface area contributed by atoms with E-state index in [1.807, 2.05) is 11.8 Å². The van der Waals surface area contributed by atoms with Crippen LogP contribution in [0.2, 0.25) is 0 Å². The maximum atomic E-state index is 9.41. The highest BCUT2D eigenvalue weighted by molar-refractivity contribution is 4.75. The molecule has 4 nitrogen and oxygen atoms in total. The fourth-order valence-electron chi connectivity index (χ4n) is 1.39. The lowest BCUT2D eigenvalue weighted by Gasteiger charge is -2.32. The zero-order chi connectivity index (χ0) is 11.3. The molecule has 4 heteroatoms. The SMILES string of the molecule is CC(O)CN(CC(C)O)C(C)C(C)O. The number of aliphatic hydroxyl groups excluding tert-OH is 3. The number of hydrogen-bond donors (Lipinski definition) is 3. The van der Waals surface area contributed by atoms with Gasteiger partial charge >= 0.3 is 0 Å². The molecule has 3 N–H and O–H groups in total. The van der Waals surface area contributed by atoms with E-state index in [1.54, 1.807) is 20.8 Å². The standard InChI is InChI=1S/C10H23NO3/c1-7(12)5-11(6-8(2)13)9(3)10(4)14/h7-10,12-14H,5-6H2,1-4H3. The topological polar surface area (TPSA) is 63.9 Å². The van der Waals surface area contributed by atoms with Gasteiger partial charge in [0.2, 0.25) is 0 Å². The molecule has 0 aromatic carbocycles. The quantitative estimate of drug-likeness (QED) is 0.563. The molecule has 0 saturated carbocycles. The van der Waals surface area contributed by atoms with E-state index in [0.29, 0.717) is 13.1 Å². The summed E-state index contributed by atoms with van der Waals surface area (Å²) in [5, 5.41) is 27.9. The third-order valence-corrected chi connectivity index (χ3v) is 2.27. The Morgan fingerprint density at radius 1 is 0.857 bits per heavy atom. The molecular weight excluding hydrogens is 182 g/mol. The largest absolute Gasteiger partial charge is 0.392 e. The Balaban J connectivity index is 4.22. The van der Waals surface area contributed by atoms with Crippen molar-refractivity contribution in [3.8, 4) is 0 Å². The zero-order valence-corrected chi connectivity index (χ0v) is 9.51. The van der Waals surface area contributed by atoms with Crippen molar-refractivity contribution in [3.63, 3.8) is 0 Å². The van der Waals surface area contributed by atoms with Crippen molar-refractivity contribution in [2.75, 3.05) is 13.1 Å². The van der Waals surface area contributed by atoms with Gasteiger partial charge in [-0.3, -0.25) is 4.90 Å². The van der Waals surface area contributed by atoms with E-state index in [0.717, 1.165) is 0 Å². The van der Waals surface area contributed by atoms with Crippen LogP contribution in [0.15, 0.2) is 0 Å². The van der Waals surface area contributed by atoms with Crippen LogP contribution in [0.5, 0.6) is 0 Å². The van der Waals surface area contributed by atoms with Gasteiger partial charge in [-0.25, -0.2) is 0 Å². The Bertz CT molecular complexity index is 138. The second-order valence-corrected chi connectivity index (χ2v) is 4.13. The van der Waals surface area contributed by atoms with Gasteiger partial charge in [-0.2, -0.15) is 0 Å². The van der Waals surface area contributed by atoms with Crippen molar-refractivity contribution in [2.45, 2.75) is 52.0 Å². The Morgan fingerprint density at radius 2 is 1.21 bits per heavy atom. The third kappa shape index (κ3) is 5.54. The molecule has 0 radical (unpaired) electrons. The summed E-state index contributed by atoms with van der Waals surface area (Å²) in [7, 11) is 0. The van der Waals surface area contributed by atoms with Crippen LogP contribution in [0.3, 0.4) is 0 Å². The maximum absolute atomic E-state index is 9.41. The fraction of sp³-hybridized carbons (Fsp3) is 1.00. The first-order chi connectivity index (χ1) is 6.34. The highest BCUT2D eigenvalue weighted by Gasteiger charge is 2.20. The molecule has 0 heterocycles. The summed E-state index contributed by atoms with van der Waals surface area (Å²) in [5.41, 5.74) is 0.